The summed E-state index contributed by atoms with van der Waals surface area (Å²) in [6.45, 7) is 5.36. The van der Waals surface area contributed by atoms with Gasteiger partial charge < -0.3 is 53.4 Å². The van der Waals surface area contributed by atoms with Gasteiger partial charge in [0, 0.05) is 24.2 Å². The van der Waals surface area contributed by atoms with E-state index in [1.54, 1.807) is 26.0 Å². The van der Waals surface area contributed by atoms with Crippen LogP contribution in [0.15, 0.2) is 24.3 Å². The molecular weight excluding hydrogens is 694 g/mol. The number of nitrogen functional groups attached to an aromatic ring is 1. The summed E-state index contributed by atoms with van der Waals surface area (Å²) in [6, 6.07) is -2.65. The maximum atomic E-state index is 13.8. The predicted octanol–water partition coefficient (Wildman–Crippen LogP) is -3.29. The van der Waals surface area contributed by atoms with E-state index in [-0.39, 0.29) is 24.2 Å². The number of rotatable bonds is 8. The summed E-state index contributed by atoms with van der Waals surface area (Å²) in [6.07, 6.45) is -1.89. The number of para-hydroxylation sites is 1. The zero-order valence-corrected chi connectivity index (χ0v) is 30.1. The molecule has 2 aliphatic heterocycles. The molecule has 0 aliphatic carbocycles. The van der Waals surface area contributed by atoms with Crippen molar-refractivity contribution in [1.29, 1.82) is 0 Å². The van der Waals surface area contributed by atoms with Gasteiger partial charge in [-0.2, -0.15) is 0 Å². The molecule has 0 radical (unpaired) electrons. The molecule has 0 bridgehead atoms. The number of nitrogens with one attached hydrogen (secondary N) is 6. The Kier molecular flexibility index (Phi) is 14.8. The highest BCUT2D eigenvalue weighted by Gasteiger charge is 2.41. The van der Waals surface area contributed by atoms with Gasteiger partial charge in [-0.05, 0) is 44.7 Å². The van der Waals surface area contributed by atoms with Crippen LogP contribution in [0.25, 0.3) is 0 Å². The molecule has 3 rings (SSSR count). The second-order valence-corrected chi connectivity index (χ2v) is 13.3. The number of aliphatic hydroxyl groups excluding tert-OH is 1. The molecule has 8 atom stereocenters. The van der Waals surface area contributed by atoms with Crippen LogP contribution in [0.3, 0.4) is 0 Å². The third kappa shape index (κ3) is 11.2. The van der Waals surface area contributed by atoms with Crippen LogP contribution in [0, 0.1) is 5.92 Å². The van der Waals surface area contributed by atoms with Crippen molar-refractivity contribution < 1.29 is 48.3 Å². The summed E-state index contributed by atoms with van der Waals surface area (Å²) < 4.78 is 0. The average Bonchev–Trinajstić information content (AvgIpc) is 3.60. The van der Waals surface area contributed by atoms with E-state index in [0.717, 1.165) is 4.90 Å². The van der Waals surface area contributed by atoms with Crippen LogP contribution >= 0.6 is 0 Å². The molecule has 2 saturated heterocycles. The van der Waals surface area contributed by atoms with Gasteiger partial charge in [-0.25, -0.2) is 0 Å². The number of hydrogen-bond acceptors (Lipinski definition) is 11. The van der Waals surface area contributed by atoms with E-state index >= 15 is 0 Å². The minimum Gasteiger partial charge on any atom is -0.398 e. The van der Waals surface area contributed by atoms with E-state index in [2.05, 4.69) is 31.9 Å². The number of fused-ring (bicyclic) bond motifs is 1. The first-order valence-electron chi connectivity index (χ1n) is 17.4. The second-order valence-electron chi connectivity index (χ2n) is 13.3. The SMILES string of the molecule is CC[C@@H](C)C1NC(=O)CNC(=O)[C@@H]2CCCN2C(=O)[C@@H]([C@@H](C)O)NC(=O)[C@H](CC(=O)c2ccccc2N)NC(=O)[C@H](C)NC(=O)[C@H](CC(N)=O)NC1=O. The zero-order chi connectivity index (χ0) is 39.6. The normalized spacial score (nSPS) is 26.7. The van der Waals surface area contributed by atoms with Crippen LogP contribution in [0.2, 0.25) is 0 Å². The van der Waals surface area contributed by atoms with Crippen molar-refractivity contribution in [3.05, 3.63) is 29.8 Å². The number of anilines is 1. The maximum Gasteiger partial charge on any atom is 0.248 e. The number of aliphatic hydroxyl groups is 1. The number of benzene rings is 1. The molecule has 2 aliphatic rings. The standard InChI is InChI=1S/C34H49N9O10/c1-5-16(2)27-33(52)40-22(14-25(36)46)30(49)38-17(3)29(48)39-21(13-24(45)19-9-6-7-10-20(19)35)31(50)42-28(18(4)44)34(53)43-12-8-11-23(43)32(51)37-15-26(47)41-27/h6-7,9-10,16-18,21-23,27-28,44H,5,8,11-15,35H2,1-4H3,(H2,36,46)(H,37,51)(H,38,49)(H,39,48)(H,40,52)(H,41,47)(H,42,50)/t16-,17+,18-,21+,22+,23+,27?,28-/m1/s1. The van der Waals surface area contributed by atoms with Crippen molar-refractivity contribution in [2.24, 2.45) is 11.7 Å². The Labute approximate surface area is 306 Å². The summed E-state index contributed by atoms with van der Waals surface area (Å²) in [7, 11) is 0. The minimum atomic E-state index is -1.68. The fourth-order valence-corrected chi connectivity index (χ4v) is 5.94. The number of nitrogens with two attached hydrogens (primary N) is 2. The molecule has 1 aromatic carbocycles. The number of nitrogens with zero attached hydrogens (tertiary/aromatic N) is 1. The summed E-state index contributed by atoms with van der Waals surface area (Å²) in [5.74, 6) is -8.34. The molecule has 11 N–H and O–H groups in total. The predicted molar refractivity (Wildman–Crippen MR) is 188 cm³/mol. The van der Waals surface area contributed by atoms with Crippen molar-refractivity contribution in [3.63, 3.8) is 0 Å². The summed E-state index contributed by atoms with van der Waals surface area (Å²) in [5.41, 5.74) is 11.4. The maximum absolute atomic E-state index is 13.8. The second kappa shape index (κ2) is 18.8. The summed E-state index contributed by atoms with van der Waals surface area (Å²) in [5, 5.41) is 25.1. The molecule has 2 heterocycles. The Hall–Kier alpha value is -5.59. The van der Waals surface area contributed by atoms with Crippen molar-refractivity contribution in [3.8, 4) is 0 Å². The molecular formula is C34H49N9O10. The molecule has 2 fully saturated rings. The number of hydrogen-bond donors (Lipinski definition) is 9. The Morgan fingerprint density at radius 2 is 1.47 bits per heavy atom. The van der Waals surface area contributed by atoms with Gasteiger partial charge in [0.15, 0.2) is 5.78 Å². The molecule has 0 saturated carbocycles. The van der Waals surface area contributed by atoms with Crippen LogP contribution in [0.4, 0.5) is 5.69 Å². The largest absolute Gasteiger partial charge is 0.398 e. The van der Waals surface area contributed by atoms with Crippen molar-refractivity contribution in [1.82, 2.24) is 36.8 Å². The van der Waals surface area contributed by atoms with E-state index in [1.165, 1.54) is 26.0 Å². The lowest BCUT2D eigenvalue weighted by Gasteiger charge is -2.31. The van der Waals surface area contributed by atoms with E-state index < -0.39 is 121 Å². The Balaban J connectivity index is 2.04. The Bertz CT molecular complexity index is 1600. The summed E-state index contributed by atoms with van der Waals surface area (Å²) in [4.78, 5) is 120. The van der Waals surface area contributed by atoms with Crippen molar-refractivity contribution in [2.75, 3.05) is 18.8 Å². The molecule has 0 spiro atoms. The molecule has 1 unspecified atom stereocenters. The van der Waals surface area contributed by atoms with E-state index in [1.807, 2.05) is 0 Å². The quantitative estimate of drug-likeness (QED) is 0.0939. The Morgan fingerprint density at radius 1 is 0.849 bits per heavy atom. The molecule has 0 aromatic heterocycles. The fourth-order valence-electron chi connectivity index (χ4n) is 5.94. The van der Waals surface area contributed by atoms with Crippen molar-refractivity contribution in [2.45, 2.75) is 102 Å². The van der Waals surface area contributed by atoms with Gasteiger partial charge in [-0.3, -0.25) is 43.2 Å². The number of carbonyl (C=O) groups excluding carboxylic acids is 9. The Morgan fingerprint density at radius 3 is 2.09 bits per heavy atom. The van der Waals surface area contributed by atoms with Crippen LogP contribution in [0.1, 0.15) is 70.2 Å². The lowest BCUT2D eigenvalue weighted by atomic mass is 9.97. The first kappa shape index (κ1) is 41.8. The number of amides is 8. The van der Waals surface area contributed by atoms with Gasteiger partial charge >= 0.3 is 0 Å². The third-order valence-electron chi connectivity index (χ3n) is 9.19. The van der Waals surface area contributed by atoms with Crippen LogP contribution in [-0.4, -0.2) is 118 Å². The monoisotopic (exact) mass is 743 g/mol. The van der Waals surface area contributed by atoms with Gasteiger partial charge in [0.05, 0.1) is 19.1 Å². The third-order valence-corrected chi connectivity index (χ3v) is 9.19. The van der Waals surface area contributed by atoms with Gasteiger partial charge in [0.1, 0.15) is 36.3 Å². The highest BCUT2D eigenvalue weighted by Crippen LogP contribution is 2.20. The number of primary amides is 1. The van der Waals surface area contributed by atoms with Gasteiger partial charge in [0.25, 0.3) is 0 Å². The number of carbonyl (C=O) groups is 9. The molecule has 8 amide bonds. The highest BCUT2D eigenvalue weighted by atomic mass is 16.3. The zero-order valence-electron chi connectivity index (χ0n) is 30.1. The number of ketones is 1. The highest BCUT2D eigenvalue weighted by molar-refractivity contribution is 6.05. The van der Waals surface area contributed by atoms with Gasteiger partial charge in [-0.1, -0.05) is 32.4 Å². The smallest absolute Gasteiger partial charge is 0.248 e. The molecule has 290 valence electrons. The topological polar surface area (TPSA) is 301 Å². The minimum absolute atomic E-state index is 0.0426. The van der Waals surface area contributed by atoms with Gasteiger partial charge in [-0.15, -0.1) is 0 Å². The van der Waals surface area contributed by atoms with E-state index in [9.17, 15) is 48.3 Å². The molecule has 53 heavy (non-hydrogen) atoms. The van der Waals surface area contributed by atoms with Crippen LogP contribution in [-0.2, 0) is 38.4 Å². The molecule has 19 nitrogen and oxygen atoms in total. The van der Waals surface area contributed by atoms with Crippen LogP contribution in [0.5, 0.6) is 0 Å². The van der Waals surface area contributed by atoms with Crippen molar-refractivity contribution >= 4 is 58.7 Å². The van der Waals surface area contributed by atoms with Crippen LogP contribution < -0.4 is 43.4 Å². The molecule has 19 heteroatoms. The van der Waals surface area contributed by atoms with E-state index in [4.69, 9.17) is 11.5 Å². The van der Waals surface area contributed by atoms with Gasteiger partial charge in [0.2, 0.25) is 47.3 Å². The average molecular weight is 744 g/mol. The first-order valence-corrected chi connectivity index (χ1v) is 17.4. The summed E-state index contributed by atoms with van der Waals surface area (Å²) >= 11 is 0. The lowest BCUT2D eigenvalue weighted by molar-refractivity contribution is -0.144. The lowest BCUT2D eigenvalue weighted by Crippen LogP contribution is -2.61. The number of Topliss-reactive ketones (excluding diaryl/α,β-unsaturated/α-hetero) is 1. The molecule has 1 aromatic rings. The van der Waals surface area contributed by atoms with E-state index in [0.29, 0.717) is 12.8 Å². The fraction of sp³-hybridized carbons (Fsp3) is 0.559. The first-order chi connectivity index (χ1) is 24.9.